The van der Waals surface area contributed by atoms with Crippen molar-refractivity contribution in [2.24, 2.45) is 5.16 Å². The molecule has 4 nitrogen and oxygen atoms in total. The Morgan fingerprint density at radius 3 is 2.18 bits per heavy atom. The van der Waals surface area contributed by atoms with E-state index < -0.39 is 0 Å². The van der Waals surface area contributed by atoms with Gasteiger partial charge in [0, 0.05) is 39.0 Å². The number of piperidine rings is 1. The van der Waals surface area contributed by atoms with E-state index in [0.717, 1.165) is 38.2 Å². The van der Waals surface area contributed by atoms with Gasteiger partial charge in [0.2, 0.25) is 0 Å². The zero-order valence-corrected chi connectivity index (χ0v) is 11.4. The maximum Gasteiger partial charge on any atom is 0.0596 e. The van der Waals surface area contributed by atoms with Crippen molar-refractivity contribution in [3.05, 3.63) is 0 Å². The molecule has 100 valence electrons. The van der Waals surface area contributed by atoms with Crippen LogP contribution < -0.4 is 0 Å². The number of hydrogen-bond donors (Lipinski definition) is 1. The first-order valence-electron chi connectivity index (χ1n) is 6.94. The molecule has 1 rings (SSSR count). The summed E-state index contributed by atoms with van der Waals surface area (Å²) in [6.45, 7) is 11.3. The first-order valence-corrected chi connectivity index (χ1v) is 6.94. The minimum Gasteiger partial charge on any atom is -0.411 e. The van der Waals surface area contributed by atoms with Crippen LogP contribution in [0.5, 0.6) is 0 Å². The largest absolute Gasteiger partial charge is 0.411 e. The Kier molecular flexibility index (Phi) is 7.21. The van der Waals surface area contributed by atoms with E-state index in [1.54, 1.807) is 0 Å². The van der Waals surface area contributed by atoms with E-state index in [4.69, 9.17) is 5.21 Å². The Morgan fingerprint density at radius 2 is 1.71 bits per heavy atom. The average Bonchev–Trinajstić information content (AvgIpc) is 2.37. The number of hydrogen-bond acceptors (Lipinski definition) is 4. The predicted octanol–water partition coefficient (Wildman–Crippen LogP) is 2.03. The second-order valence-electron chi connectivity index (χ2n) is 4.85. The van der Waals surface area contributed by atoms with Crippen LogP contribution >= 0.6 is 0 Å². The van der Waals surface area contributed by atoms with Gasteiger partial charge in [0.1, 0.15) is 0 Å². The molecule has 1 aliphatic heterocycles. The van der Waals surface area contributed by atoms with E-state index in [1.807, 2.05) is 0 Å². The van der Waals surface area contributed by atoms with E-state index in [-0.39, 0.29) is 0 Å². The van der Waals surface area contributed by atoms with Crippen molar-refractivity contribution in [1.29, 1.82) is 0 Å². The van der Waals surface area contributed by atoms with Crippen molar-refractivity contribution in [2.45, 2.75) is 39.5 Å². The third-order valence-electron chi connectivity index (χ3n) is 3.39. The topological polar surface area (TPSA) is 39.1 Å². The molecule has 1 aliphatic rings. The lowest BCUT2D eigenvalue weighted by atomic mass is 10.1. The van der Waals surface area contributed by atoms with Crippen LogP contribution in [0, 0.1) is 0 Å². The van der Waals surface area contributed by atoms with Gasteiger partial charge in [0.05, 0.1) is 5.71 Å². The summed E-state index contributed by atoms with van der Waals surface area (Å²) in [5, 5.41) is 12.0. The smallest absolute Gasteiger partial charge is 0.0596 e. The molecule has 17 heavy (non-hydrogen) atoms. The molecule has 0 amide bonds. The highest BCUT2D eigenvalue weighted by molar-refractivity contribution is 5.84. The van der Waals surface area contributed by atoms with Crippen molar-refractivity contribution in [3.8, 4) is 0 Å². The average molecular weight is 241 g/mol. The quantitative estimate of drug-likeness (QED) is 0.547. The second kappa shape index (κ2) is 8.48. The maximum atomic E-state index is 8.70. The minimum atomic E-state index is 0.929. The highest BCUT2D eigenvalue weighted by Gasteiger charge is 2.15. The zero-order valence-electron chi connectivity index (χ0n) is 11.4. The Balaban J connectivity index is 2.20. The summed E-state index contributed by atoms with van der Waals surface area (Å²) in [5.74, 6) is 0. The molecule has 1 fully saturated rings. The van der Waals surface area contributed by atoms with Gasteiger partial charge >= 0.3 is 0 Å². The molecule has 0 aromatic carbocycles. The van der Waals surface area contributed by atoms with Gasteiger partial charge in [-0.05, 0) is 25.9 Å². The highest BCUT2D eigenvalue weighted by Crippen LogP contribution is 2.07. The number of likely N-dealkylation sites (tertiary alicyclic amines) is 1. The monoisotopic (exact) mass is 241 g/mol. The molecule has 1 N–H and O–H groups in total. The molecule has 0 bridgehead atoms. The van der Waals surface area contributed by atoms with Gasteiger partial charge < -0.3 is 15.0 Å². The van der Waals surface area contributed by atoms with Crippen LogP contribution in [0.3, 0.4) is 0 Å². The fourth-order valence-electron chi connectivity index (χ4n) is 2.39. The minimum absolute atomic E-state index is 0.929. The van der Waals surface area contributed by atoms with Crippen LogP contribution in [-0.2, 0) is 0 Å². The van der Waals surface area contributed by atoms with Crippen LogP contribution in [0.25, 0.3) is 0 Å². The van der Waals surface area contributed by atoms with E-state index in [2.05, 4.69) is 28.8 Å². The Hall–Kier alpha value is -0.610. The molecule has 0 atom stereocenters. The van der Waals surface area contributed by atoms with Gasteiger partial charge in [-0.2, -0.15) is 0 Å². The fourth-order valence-corrected chi connectivity index (χ4v) is 2.39. The molecule has 0 aliphatic carbocycles. The van der Waals surface area contributed by atoms with E-state index >= 15 is 0 Å². The lowest BCUT2D eigenvalue weighted by Gasteiger charge is -2.30. The molecule has 0 aromatic rings. The highest BCUT2D eigenvalue weighted by atomic mass is 16.4. The van der Waals surface area contributed by atoms with Crippen molar-refractivity contribution in [1.82, 2.24) is 9.80 Å². The van der Waals surface area contributed by atoms with Gasteiger partial charge in [-0.15, -0.1) is 0 Å². The molecule has 0 spiro atoms. The molecular weight excluding hydrogens is 214 g/mol. The van der Waals surface area contributed by atoms with Crippen LogP contribution in [0.15, 0.2) is 5.16 Å². The molecule has 0 unspecified atom stereocenters. The summed E-state index contributed by atoms with van der Waals surface area (Å²) in [7, 11) is 0. The lowest BCUT2D eigenvalue weighted by Crippen LogP contribution is -2.40. The zero-order chi connectivity index (χ0) is 12.5. The van der Waals surface area contributed by atoms with Crippen molar-refractivity contribution in [2.75, 3.05) is 39.3 Å². The maximum absolute atomic E-state index is 8.70. The predicted molar refractivity (Wildman–Crippen MR) is 71.9 cm³/mol. The normalized spacial score (nSPS) is 17.7. The number of nitrogens with zero attached hydrogens (tertiary/aromatic N) is 3. The second-order valence-corrected chi connectivity index (χ2v) is 4.85. The lowest BCUT2D eigenvalue weighted by molar-refractivity contribution is 0.201. The van der Waals surface area contributed by atoms with Crippen LogP contribution in [-0.4, -0.2) is 60.0 Å². The first kappa shape index (κ1) is 14.5. The molecule has 0 aromatic heterocycles. The summed E-state index contributed by atoms with van der Waals surface area (Å²) in [6, 6.07) is 0. The Morgan fingerprint density at radius 1 is 1.12 bits per heavy atom. The summed E-state index contributed by atoms with van der Waals surface area (Å²) in [5.41, 5.74) is 0.959. The third kappa shape index (κ3) is 5.50. The Bertz CT molecular complexity index is 215. The van der Waals surface area contributed by atoms with Crippen LogP contribution in [0.2, 0.25) is 0 Å². The summed E-state index contributed by atoms with van der Waals surface area (Å²) < 4.78 is 0. The molecule has 1 saturated heterocycles. The van der Waals surface area contributed by atoms with Crippen molar-refractivity contribution < 1.29 is 5.21 Å². The van der Waals surface area contributed by atoms with Crippen molar-refractivity contribution >= 4 is 5.71 Å². The van der Waals surface area contributed by atoms with Gasteiger partial charge in [0.25, 0.3) is 0 Å². The summed E-state index contributed by atoms with van der Waals surface area (Å²) in [6.07, 6.45) is 4.33. The fraction of sp³-hybridized carbons (Fsp3) is 0.923. The van der Waals surface area contributed by atoms with Gasteiger partial charge in [-0.1, -0.05) is 19.0 Å². The third-order valence-corrected chi connectivity index (χ3v) is 3.39. The van der Waals surface area contributed by atoms with Gasteiger partial charge in [-0.25, -0.2) is 0 Å². The molecular formula is C13H27N3O. The standard InChI is InChI=1S/C13H27N3O/c1-3-7-15(8-4-2)11-12-16-9-5-13(14-17)6-10-16/h17H,3-12H2,1-2H3. The number of rotatable bonds is 7. The molecule has 1 heterocycles. The van der Waals surface area contributed by atoms with Crippen LogP contribution in [0.1, 0.15) is 39.5 Å². The van der Waals surface area contributed by atoms with Gasteiger partial charge in [0.15, 0.2) is 0 Å². The SMILES string of the molecule is CCCN(CCC)CCN1CCC(=NO)CC1. The molecule has 4 heteroatoms. The van der Waals surface area contributed by atoms with Gasteiger partial charge in [-0.3, -0.25) is 0 Å². The van der Waals surface area contributed by atoms with E-state index in [9.17, 15) is 0 Å². The first-order chi connectivity index (χ1) is 8.30. The van der Waals surface area contributed by atoms with E-state index in [1.165, 1.54) is 32.5 Å². The molecule has 0 radical (unpaired) electrons. The summed E-state index contributed by atoms with van der Waals surface area (Å²) in [4.78, 5) is 5.03. The molecule has 0 saturated carbocycles. The Labute approximate surface area is 105 Å². The van der Waals surface area contributed by atoms with Crippen molar-refractivity contribution in [3.63, 3.8) is 0 Å². The summed E-state index contributed by atoms with van der Waals surface area (Å²) >= 11 is 0. The van der Waals surface area contributed by atoms with Crippen LogP contribution in [0.4, 0.5) is 0 Å². The van der Waals surface area contributed by atoms with E-state index in [0.29, 0.717) is 0 Å². The number of oxime groups is 1.